The number of benzene rings is 2. The maximum atomic E-state index is 12.7. The van der Waals surface area contributed by atoms with Crippen LogP contribution < -0.4 is 11.1 Å². The van der Waals surface area contributed by atoms with Gasteiger partial charge < -0.3 is 19.5 Å². The zero-order valence-corrected chi connectivity index (χ0v) is 18.4. The summed E-state index contributed by atoms with van der Waals surface area (Å²) in [6, 6.07) is 14.0. The molecule has 2 aromatic carbocycles. The van der Waals surface area contributed by atoms with Crippen LogP contribution >= 0.6 is 11.6 Å². The summed E-state index contributed by atoms with van der Waals surface area (Å²) in [6.07, 6.45) is 1.59. The van der Waals surface area contributed by atoms with Crippen LogP contribution in [0.2, 0.25) is 5.02 Å². The molecule has 0 radical (unpaired) electrons. The molecular formula is C23H25ClN4O4. The molecule has 1 fully saturated rings. The highest BCUT2D eigenvalue weighted by molar-refractivity contribution is 6.30. The molecule has 3 amide bonds. The van der Waals surface area contributed by atoms with Gasteiger partial charge in [-0.3, -0.25) is 9.36 Å². The van der Waals surface area contributed by atoms with Crippen molar-refractivity contribution >= 4 is 40.3 Å². The van der Waals surface area contributed by atoms with Crippen LogP contribution in [0.15, 0.2) is 57.7 Å². The van der Waals surface area contributed by atoms with Crippen molar-refractivity contribution in [1.29, 1.82) is 0 Å². The average molecular weight is 457 g/mol. The Morgan fingerprint density at radius 3 is 2.50 bits per heavy atom. The van der Waals surface area contributed by atoms with Gasteiger partial charge >= 0.3 is 11.8 Å². The third-order valence-corrected chi connectivity index (χ3v) is 5.83. The topological polar surface area (TPSA) is 87.8 Å². The second-order valence-electron chi connectivity index (χ2n) is 7.75. The van der Waals surface area contributed by atoms with E-state index >= 15 is 0 Å². The van der Waals surface area contributed by atoms with Crippen molar-refractivity contribution in [2.75, 3.05) is 31.5 Å². The minimum atomic E-state index is -0.407. The van der Waals surface area contributed by atoms with Crippen LogP contribution in [0.5, 0.6) is 0 Å². The number of para-hydroxylation sites is 2. The molecule has 0 spiro atoms. The fourth-order valence-corrected chi connectivity index (χ4v) is 4.00. The summed E-state index contributed by atoms with van der Waals surface area (Å²) in [5.41, 5.74) is 1.97. The van der Waals surface area contributed by atoms with Crippen LogP contribution in [0.1, 0.15) is 19.3 Å². The molecule has 1 saturated heterocycles. The van der Waals surface area contributed by atoms with E-state index in [0.29, 0.717) is 68.3 Å². The van der Waals surface area contributed by atoms with E-state index < -0.39 is 5.76 Å². The summed E-state index contributed by atoms with van der Waals surface area (Å²) < 4.78 is 6.80. The zero-order chi connectivity index (χ0) is 22.5. The number of anilines is 1. The number of urea groups is 1. The van der Waals surface area contributed by atoms with Crippen molar-refractivity contribution in [3.8, 4) is 0 Å². The highest BCUT2D eigenvalue weighted by Crippen LogP contribution is 2.15. The van der Waals surface area contributed by atoms with E-state index in [1.807, 2.05) is 18.2 Å². The van der Waals surface area contributed by atoms with E-state index in [-0.39, 0.29) is 11.9 Å². The van der Waals surface area contributed by atoms with Crippen molar-refractivity contribution in [2.24, 2.45) is 0 Å². The Balaban J connectivity index is 1.27. The van der Waals surface area contributed by atoms with Crippen LogP contribution in [-0.4, -0.2) is 52.5 Å². The monoisotopic (exact) mass is 456 g/mol. The number of hydrogen-bond acceptors (Lipinski definition) is 4. The number of oxazole rings is 1. The Morgan fingerprint density at radius 2 is 1.69 bits per heavy atom. The molecule has 2 heterocycles. The fraction of sp³-hybridized carbons (Fsp3) is 0.348. The first-order chi connectivity index (χ1) is 15.5. The van der Waals surface area contributed by atoms with E-state index in [0.717, 1.165) is 5.52 Å². The third kappa shape index (κ3) is 5.13. The minimum absolute atomic E-state index is 0.0332. The number of carbonyl (C=O) groups is 2. The standard InChI is InChI=1S/C23H25ClN4O4/c24-17-8-10-18(11-9-17)25-22(30)27-13-4-12-26(15-16-27)21(29)7-3-14-28-19-5-1-2-6-20(19)32-23(28)31/h1-2,5-6,8-11H,3-4,7,12-16H2,(H,25,30). The van der Waals surface area contributed by atoms with E-state index in [4.69, 9.17) is 16.0 Å². The zero-order valence-electron chi connectivity index (χ0n) is 17.6. The lowest BCUT2D eigenvalue weighted by Crippen LogP contribution is -2.39. The number of aryl methyl sites for hydroxylation is 1. The molecule has 1 aliphatic heterocycles. The number of amides is 3. The first-order valence-corrected chi connectivity index (χ1v) is 11.1. The van der Waals surface area contributed by atoms with Gasteiger partial charge in [0.05, 0.1) is 5.52 Å². The number of nitrogens with one attached hydrogen (secondary N) is 1. The molecule has 1 N–H and O–H groups in total. The molecule has 4 rings (SSSR count). The molecule has 8 nitrogen and oxygen atoms in total. The summed E-state index contributed by atoms with van der Waals surface area (Å²) in [7, 11) is 0. The minimum Gasteiger partial charge on any atom is -0.408 e. The average Bonchev–Trinajstić information content (AvgIpc) is 2.95. The summed E-state index contributed by atoms with van der Waals surface area (Å²) in [6.45, 7) is 2.57. The third-order valence-electron chi connectivity index (χ3n) is 5.58. The molecular weight excluding hydrogens is 432 g/mol. The molecule has 3 aromatic rings. The molecule has 1 aliphatic rings. The second kappa shape index (κ2) is 9.91. The number of halogens is 1. The Hall–Kier alpha value is -3.26. The van der Waals surface area contributed by atoms with Crippen molar-refractivity contribution in [2.45, 2.75) is 25.8 Å². The highest BCUT2D eigenvalue weighted by atomic mass is 35.5. The van der Waals surface area contributed by atoms with Crippen LogP contribution in [0.4, 0.5) is 10.5 Å². The lowest BCUT2D eigenvalue weighted by molar-refractivity contribution is -0.131. The van der Waals surface area contributed by atoms with Crippen molar-refractivity contribution in [3.05, 3.63) is 64.1 Å². The number of aromatic nitrogens is 1. The van der Waals surface area contributed by atoms with Gasteiger partial charge in [-0.15, -0.1) is 0 Å². The predicted octanol–water partition coefficient (Wildman–Crippen LogP) is 3.79. The van der Waals surface area contributed by atoms with Gasteiger partial charge in [0.1, 0.15) is 0 Å². The van der Waals surface area contributed by atoms with Gasteiger partial charge in [-0.2, -0.15) is 0 Å². The Kier molecular flexibility index (Phi) is 6.80. The molecule has 0 unspecified atom stereocenters. The van der Waals surface area contributed by atoms with Crippen molar-refractivity contribution in [1.82, 2.24) is 14.4 Å². The second-order valence-corrected chi connectivity index (χ2v) is 8.19. The maximum Gasteiger partial charge on any atom is 0.419 e. The van der Waals surface area contributed by atoms with Gasteiger partial charge in [0.2, 0.25) is 5.91 Å². The molecule has 1 aromatic heterocycles. The summed E-state index contributed by atoms with van der Waals surface area (Å²) >= 11 is 5.88. The Bertz CT molecular complexity index is 1150. The molecule has 0 bridgehead atoms. The number of rotatable bonds is 5. The smallest absolute Gasteiger partial charge is 0.408 e. The Morgan fingerprint density at radius 1 is 0.969 bits per heavy atom. The quantitative estimate of drug-likeness (QED) is 0.632. The van der Waals surface area contributed by atoms with Crippen LogP contribution in [-0.2, 0) is 11.3 Å². The predicted molar refractivity (Wildman–Crippen MR) is 123 cm³/mol. The summed E-state index contributed by atoms with van der Waals surface area (Å²) in [5.74, 6) is -0.374. The van der Waals surface area contributed by atoms with Gasteiger partial charge in [-0.1, -0.05) is 23.7 Å². The largest absolute Gasteiger partial charge is 0.419 e. The van der Waals surface area contributed by atoms with Crippen LogP contribution in [0, 0.1) is 0 Å². The number of nitrogens with zero attached hydrogens (tertiary/aromatic N) is 3. The Labute approximate surface area is 190 Å². The van der Waals surface area contributed by atoms with E-state index in [2.05, 4.69) is 5.32 Å². The highest BCUT2D eigenvalue weighted by Gasteiger charge is 2.22. The molecule has 0 saturated carbocycles. The van der Waals surface area contributed by atoms with Gasteiger partial charge in [0, 0.05) is 49.9 Å². The number of fused-ring (bicyclic) bond motifs is 1. The van der Waals surface area contributed by atoms with E-state index in [9.17, 15) is 14.4 Å². The molecule has 168 valence electrons. The number of carbonyl (C=O) groups excluding carboxylic acids is 2. The number of hydrogen-bond donors (Lipinski definition) is 1. The lowest BCUT2D eigenvalue weighted by atomic mass is 10.2. The van der Waals surface area contributed by atoms with Crippen LogP contribution in [0.25, 0.3) is 11.1 Å². The molecule has 9 heteroatoms. The lowest BCUT2D eigenvalue weighted by Gasteiger charge is -2.22. The molecule has 32 heavy (non-hydrogen) atoms. The fourth-order valence-electron chi connectivity index (χ4n) is 3.88. The van der Waals surface area contributed by atoms with E-state index in [1.165, 1.54) is 0 Å². The molecule has 0 atom stereocenters. The first kappa shape index (κ1) is 22.0. The SMILES string of the molecule is O=C(CCCn1c(=O)oc2ccccc21)N1CCCN(C(=O)Nc2ccc(Cl)cc2)CC1. The van der Waals surface area contributed by atoms with Gasteiger partial charge in [-0.25, -0.2) is 9.59 Å². The van der Waals surface area contributed by atoms with Crippen molar-refractivity contribution < 1.29 is 14.0 Å². The van der Waals surface area contributed by atoms with Crippen molar-refractivity contribution in [3.63, 3.8) is 0 Å². The first-order valence-electron chi connectivity index (χ1n) is 10.7. The van der Waals surface area contributed by atoms with E-state index in [1.54, 1.807) is 44.7 Å². The normalized spacial score (nSPS) is 14.4. The van der Waals surface area contributed by atoms with Crippen LogP contribution in [0.3, 0.4) is 0 Å². The molecule has 0 aliphatic carbocycles. The summed E-state index contributed by atoms with van der Waals surface area (Å²) in [5, 5.41) is 3.47. The maximum absolute atomic E-state index is 12.7. The van der Waals surface area contributed by atoms with Gasteiger partial charge in [0.15, 0.2) is 5.58 Å². The summed E-state index contributed by atoms with van der Waals surface area (Å²) in [4.78, 5) is 40.9. The van der Waals surface area contributed by atoms with Gasteiger partial charge in [0.25, 0.3) is 0 Å². The van der Waals surface area contributed by atoms with Gasteiger partial charge in [-0.05, 0) is 49.2 Å².